The van der Waals surface area contributed by atoms with Gasteiger partial charge >= 0.3 is 0 Å². The van der Waals surface area contributed by atoms with E-state index in [9.17, 15) is 0 Å². The molecular formula is C5H10N2S. The first kappa shape index (κ1) is 7.72. The van der Waals surface area contributed by atoms with Gasteiger partial charge in [-0.1, -0.05) is 18.9 Å². The van der Waals surface area contributed by atoms with Crippen molar-refractivity contribution >= 4 is 18.7 Å². The van der Waals surface area contributed by atoms with Crippen molar-refractivity contribution in [2.45, 2.75) is 13.3 Å². The van der Waals surface area contributed by atoms with Gasteiger partial charge in [0.1, 0.15) is 0 Å². The lowest BCUT2D eigenvalue weighted by Gasteiger charge is -1.92. The highest BCUT2D eigenvalue weighted by Gasteiger charge is 1.85. The Morgan fingerprint density at radius 2 is 2.62 bits per heavy atom. The molecule has 0 bridgehead atoms. The highest BCUT2D eigenvalue weighted by Crippen LogP contribution is 2.10. The van der Waals surface area contributed by atoms with Crippen LogP contribution in [0.3, 0.4) is 0 Å². The first-order valence-corrected chi connectivity index (χ1v) is 3.24. The number of hydrogen-bond donors (Lipinski definition) is 1. The van der Waals surface area contributed by atoms with Crippen molar-refractivity contribution in [2.75, 3.05) is 0 Å². The zero-order valence-corrected chi connectivity index (χ0v) is 5.74. The predicted octanol–water partition coefficient (Wildman–Crippen LogP) is 1.55. The molecule has 0 aromatic heterocycles. The number of aliphatic imine (C=N–C) groups is 1. The van der Waals surface area contributed by atoms with Crippen molar-refractivity contribution in [3.05, 3.63) is 11.1 Å². The Bertz CT molecular complexity index is 92.6. The molecule has 0 fully saturated rings. The van der Waals surface area contributed by atoms with Gasteiger partial charge in [0.05, 0.1) is 0 Å². The maximum atomic E-state index is 5.23. The second-order valence-corrected chi connectivity index (χ2v) is 2.01. The molecule has 0 saturated carbocycles. The van der Waals surface area contributed by atoms with Gasteiger partial charge in [-0.15, -0.1) is 0 Å². The van der Waals surface area contributed by atoms with E-state index in [1.165, 1.54) is 11.9 Å². The summed E-state index contributed by atoms with van der Waals surface area (Å²) >= 11 is 1.22. The Labute approximate surface area is 54.0 Å². The van der Waals surface area contributed by atoms with Gasteiger partial charge in [-0.05, 0) is 13.1 Å². The monoisotopic (exact) mass is 130 g/mol. The van der Waals surface area contributed by atoms with Gasteiger partial charge < -0.3 is 0 Å². The lowest BCUT2D eigenvalue weighted by Crippen LogP contribution is -1.79. The van der Waals surface area contributed by atoms with Crippen LogP contribution < -0.4 is 5.14 Å². The summed E-state index contributed by atoms with van der Waals surface area (Å²) in [4.78, 5) is 4.62. The minimum atomic E-state index is 0.931. The van der Waals surface area contributed by atoms with Crippen LogP contribution in [0.25, 0.3) is 0 Å². The fraction of sp³-hybridized carbons (Fsp3) is 0.400. The van der Waals surface area contributed by atoms with Gasteiger partial charge in [-0.2, -0.15) is 0 Å². The van der Waals surface area contributed by atoms with Gasteiger partial charge in [-0.3, -0.25) is 10.1 Å². The third kappa shape index (κ3) is 2.82. The third-order valence-corrected chi connectivity index (χ3v) is 1.43. The molecule has 0 atom stereocenters. The summed E-state index contributed by atoms with van der Waals surface area (Å²) in [5.74, 6) is 0. The summed E-state index contributed by atoms with van der Waals surface area (Å²) < 4.78 is 0. The van der Waals surface area contributed by atoms with E-state index in [-0.39, 0.29) is 0 Å². The van der Waals surface area contributed by atoms with Gasteiger partial charge in [-0.25, -0.2) is 0 Å². The average Bonchev–Trinajstić information content (AvgIpc) is 1.83. The number of allylic oxidation sites excluding steroid dienone is 1. The minimum Gasteiger partial charge on any atom is -0.274 e. The third-order valence-electron chi connectivity index (χ3n) is 0.735. The van der Waals surface area contributed by atoms with Crippen molar-refractivity contribution in [1.29, 1.82) is 0 Å². The molecule has 8 heavy (non-hydrogen) atoms. The van der Waals surface area contributed by atoms with Gasteiger partial charge in [0, 0.05) is 11.1 Å². The minimum absolute atomic E-state index is 0.931. The Hall–Kier alpha value is -0.280. The molecule has 0 spiro atoms. The Kier molecular flexibility index (Phi) is 4.70. The average molecular weight is 130 g/mol. The lowest BCUT2D eigenvalue weighted by molar-refractivity contribution is 1.19. The quantitative estimate of drug-likeness (QED) is 0.465. The fourth-order valence-electron chi connectivity index (χ4n) is 0.307. The van der Waals surface area contributed by atoms with E-state index >= 15 is 0 Å². The number of nitrogens with two attached hydrogens (primary N) is 1. The molecule has 0 aliphatic carbocycles. The SMILES string of the molecule is C=N/C=C(/CC)SN. The second kappa shape index (κ2) is 4.87. The van der Waals surface area contributed by atoms with Gasteiger partial charge in [0.15, 0.2) is 0 Å². The number of rotatable bonds is 3. The molecular weight excluding hydrogens is 120 g/mol. The standard InChI is InChI=1S/C5H10N2S/c1-3-5(8-6)4-7-2/h4H,2-3,6H2,1H3/b5-4-. The van der Waals surface area contributed by atoms with Crippen molar-refractivity contribution in [2.24, 2.45) is 10.1 Å². The van der Waals surface area contributed by atoms with Crippen LogP contribution in [0.15, 0.2) is 16.1 Å². The molecule has 0 aliphatic heterocycles. The molecule has 0 unspecified atom stereocenters. The van der Waals surface area contributed by atoms with Crippen LogP contribution in [-0.2, 0) is 0 Å². The summed E-state index contributed by atoms with van der Waals surface area (Å²) in [6, 6.07) is 0. The molecule has 0 radical (unpaired) electrons. The van der Waals surface area contributed by atoms with Crippen molar-refractivity contribution in [3.63, 3.8) is 0 Å². The zero-order valence-electron chi connectivity index (χ0n) is 4.92. The highest BCUT2D eigenvalue weighted by atomic mass is 32.2. The highest BCUT2D eigenvalue weighted by molar-refractivity contribution is 8.00. The van der Waals surface area contributed by atoms with E-state index in [1.54, 1.807) is 6.20 Å². The largest absolute Gasteiger partial charge is 0.274 e. The summed E-state index contributed by atoms with van der Waals surface area (Å²) in [6.45, 7) is 5.33. The molecule has 0 amide bonds. The first-order valence-electron chi connectivity index (χ1n) is 2.36. The molecule has 0 aromatic carbocycles. The summed E-state index contributed by atoms with van der Waals surface area (Å²) in [6.07, 6.45) is 2.60. The molecule has 0 aromatic rings. The molecule has 0 aliphatic rings. The van der Waals surface area contributed by atoms with Crippen molar-refractivity contribution in [1.82, 2.24) is 0 Å². The van der Waals surface area contributed by atoms with Crippen molar-refractivity contribution in [3.8, 4) is 0 Å². The van der Waals surface area contributed by atoms with Crippen LogP contribution in [0.4, 0.5) is 0 Å². The molecule has 0 heterocycles. The number of nitrogens with zero attached hydrogens (tertiary/aromatic N) is 1. The summed E-state index contributed by atoms with van der Waals surface area (Å²) in [7, 11) is 0. The normalized spacial score (nSPS) is 11.5. The Balaban J connectivity index is 3.66. The van der Waals surface area contributed by atoms with E-state index < -0.39 is 0 Å². The van der Waals surface area contributed by atoms with Crippen LogP contribution >= 0.6 is 11.9 Å². The van der Waals surface area contributed by atoms with Gasteiger partial charge in [0.25, 0.3) is 0 Å². The van der Waals surface area contributed by atoms with E-state index in [1.807, 2.05) is 6.92 Å². The van der Waals surface area contributed by atoms with Crippen LogP contribution in [-0.4, -0.2) is 6.72 Å². The summed E-state index contributed by atoms with van der Waals surface area (Å²) in [5, 5.41) is 5.23. The van der Waals surface area contributed by atoms with E-state index in [0.29, 0.717) is 0 Å². The van der Waals surface area contributed by atoms with Crippen LogP contribution in [0.1, 0.15) is 13.3 Å². The summed E-state index contributed by atoms with van der Waals surface area (Å²) in [5.41, 5.74) is 0. The van der Waals surface area contributed by atoms with E-state index in [4.69, 9.17) is 5.14 Å². The van der Waals surface area contributed by atoms with E-state index in [0.717, 1.165) is 11.3 Å². The van der Waals surface area contributed by atoms with Crippen LogP contribution in [0.5, 0.6) is 0 Å². The van der Waals surface area contributed by atoms with Crippen LogP contribution in [0.2, 0.25) is 0 Å². The Morgan fingerprint density at radius 3 is 2.75 bits per heavy atom. The molecule has 2 nitrogen and oxygen atoms in total. The molecule has 46 valence electrons. The second-order valence-electron chi connectivity index (χ2n) is 1.25. The Morgan fingerprint density at radius 1 is 2.00 bits per heavy atom. The van der Waals surface area contributed by atoms with Gasteiger partial charge in [0.2, 0.25) is 0 Å². The fourth-order valence-corrected chi connectivity index (χ4v) is 0.609. The first-order chi connectivity index (χ1) is 3.85. The molecule has 0 saturated heterocycles. The molecule has 0 rings (SSSR count). The molecule has 2 N–H and O–H groups in total. The molecule has 3 heteroatoms. The number of hydrogen-bond acceptors (Lipinski definition) is 3. The topological polar surface area (TPSA) is 38.4 Å². The lowest BCUT2D eigenvalue weighted by atomic mass is 10.5. The smallest absolute Gasteiger partial charge is 0.0368 e. The van der Waals surface area contributed by atoms with Crippen molar-refractivity contribution < 1.29 is 0 Å². The zero-order chi connectivity index (χ0) is 6.41. The maximum absolute atomic E-state index is 5.23. The van der Waals surface area contributed by atoms with Crippen LogP contribution in [0, 0.1) is 0 Å². The maximum Gasteiger partial charge on any atom is 0.0368 e. The van der Waals surface area contributed by atoms with E-state index in [2.05, 4.69) is 11.7 Å². The predicted molar refractivity (Wildman–Crippen MR) is 39.7 cm³/mol.